The van der Waals surface area contributed by atoms with E-state index in [1.54, 1.807) is 0 Å². The number of hydrogen-bond acceptors (Lipinski definition) is 4. The van der Waals surface area contributed by atoms with Crippen LogP contribution in [0.1, 0.15) is 0 Å². The predicted molar refractivity (Wildman–Crippen MR) is 96.8 cm³/mol. The Kier molecular flexibility index (Phi) is 3.01. The average Bonchev–Trinajstić information content (AvgIpc) is 3.23. The van der Waals surface area contributed by atoms with Crippen molar-refractivity contribution in [3.63, 3.8) is 0 Å². The van der Waals surface area contributed by atoms with Gasteiger partial charge in [0, 0.05) is 36.5 Å². The van der Waals surface area contributed by atoms with Crippen molar-refractivity contribution in [3.05, 3.63) is 66.4 Å². The molecule has 2 aliphatic rings. The first-order valence-corrected chi connectivity index (χ1v) is 8.38. The Morgan fingerprint density at radius 3 is 2.67 bits per heavy atom. The molecule has 2 aromatic carbocycles. The number of rotatable bonds is 2. The molecular weight excluding hydrogens is 296 g/mol. The van der Waals surface area contributed by atoms with E-state index < -0.39 is 0 Å². The third kappa shape index (κ3) is 2.14. The van der Waals surface area contributed by atoms with Gasteiger partial charge in [-0.2, -0.15) is 0 Å². The van der Waals surface area contributed by atoms with Gasteiger partial charge in [0.05, 0.1) is 11.2 Å². The summed E-state index contributed by atoms with van der Waals surface area (Å²) in [6.45, 7) is 2.95. The highest BCUT2D eigenvalue weighted by atomic mass is 15.3. The molecular formula is C20H18N4. The first-order chi connectivity index (χ1) is 11.9. The van der Waals surface area contributed by atoms with Crippen molar-refractivity contribution >= 4 is 16.9 Å². The average molecular weight is 314 g/mol. The molecule has 3 heterocycles. The Labute approximate surface area is 140 Å². The number of nitrogens with one attached hydrogen (secondary N) is 1. The van der Waals surface area contributed by atoms with Crippen LogP contribution in [0.25, 0.3) is 22.2 Å². The molecule has 0 saturated carbocycles. The summed E-state index contributed by atoms with van der Waals surface area (Å²) in [6, 6.07) is 18.7. The minimum atomic E-state index is 0.597. The molecule has 3 aromatic rings. The molecule has 4 heteroatoms. The van der Waals surface area contributed by atoms with Gasteiger partial charge in [-0.3, -0.25) is 0 Å². The molecule has 0 amide bonds. The monoisotopic (exact) mass is 314 g/mol. The van der Waals surface area contributed by atoms with Crippen molar-refractivity contribution in [2.75, 3.05) is 24.5 Å². The van der Waals surface area contributed by atoms with Crippen molar-refractivity contribution in [2.24, 2.45) is 5.92 Å². The second kappa shape index (κ2) is 5.34. The van der Waals surface area contributed by atoms with Gasteiger partial charge < -0.3 is 10.2 Å². The molecule has 24 heavy (non-hydrogen) atoms. The summed E-state index contributed by atoms with van der Waals surface area (Å²) in [5.41, 5.74) is 4.62. The van der Waals surface area contributed by atoms with Crippen LogP contribution >= 0.6 is 0 Å². The lowest BCUT2D eigenvalue weighted by molar-refractivity contribution is 0.673. The lowest BCUT2D eigenvalue weighted by Crippen LogP contribution is -2.25. The van der Waals surface area contributed by atoms with E-state index in [9.17, 15) is 0 Å². The van der Waals surface area contributed by atoms with Gasteiger partial charge >= 0.3 is 0 Å². The van der Waals surface area contributed by atoms with Crippen LogP contribution in [0.3, 0.4) is 0 Å². The third-order valence-electron chi connectivity index (χ3n) is 4.91. The molecule has 5 rings (SSSR count). The summed E-state index contributed by atoms with van der Waals surface area (Å²) in [5, 5.41) is 4.44. The second-order valence-electron chi connectivity index (χ2n) is 6.46. The molecule has 0 spiro atoms. The van der Waals surface area contributed by atoms with Crippen molar-refractivity contribution < 1.29 is 0 Å². The Bertz CT molecular complexity index is 933. The van der Waals surface area contributed by atoms with Crippen LogP contribution in [-0.2, 0) is 0 Å². The van der Waals surface area contributed by atoms with Crippen molar-refractivity contribution in [2.45, 2.75) is 0 Å². The lowest BCUT2D eigenvalue weighted by Gasteiger charge is -2.18. The molecule has 1 unspecified atom stereocenters. The number of benzene rings is 2. The standard InChI is InChI=1S/C20H18N4/c1-2-6-14(7-3-1)19-17-8-4-5-9-18(17)22-20(23-19)24-12-15-10-21-11-16(15)13-24/h1-10,16,21H,11-13H2. The van der Waals surface area contributed by atoms with E-state index in [2.05, 4.69) is 58.9 Å². The summed E-state index contributed by atoms with van der Waals surface area (Å²) in [6.07, 6.45) is 2.16. The molecule has 1 atom stereocenters. The van der Waals surface area contributed by atoms with Crippen LogP contribution in [0, 0.1) is 5.92 Å². The fourth-order valence-corrected chi connectivity index (χ4v) is 3.66. The largest absolute Gasteiger partial charge is 0.390 e. The summed E-state index contributed by atoms with van der Waals surface area (Å²) in [7, 11) is 0. The Morgan fingerprint density at radius 2 is 1.79 bits per heavy atom. The second-order valence-corrected chi connectivity index (χ2v) is 6.46. The Balaban J connectivity index is 1.65. The summed E-state index contributed by atoms with van der Waals surface area (Å²) >= 11 is 0. The number of fused-ring (bicyclic) bond motifs is 2. The highest BCUT2D eigenvalue weighted by molar-refractivity contribution is 5.93. The fourth-order valence-electron chi connectivity index (χ4n) is 3.66. The van der Waals surface area contributed by atoms with Crippen molar-refractivity contribution in [1.82, 2.24) is 15.3 Å². The van der Waals surface area contributed by atoms with E-state index >= 15 is 0 Å². The van der Waals surface area contributed by atoms with Crippen molar-refractivity contribution in [1.29, 1.82) is 0 Å². The van der Waals surface area contributed by atoms with E-state index in [1.165, 1.54) is 5.57 Å². The SMILES string of the molecule is C1=C2CN(c3nc(-c4ccccc4)c4ccccc4n3)CC2CN1. The molecule has 1 saturated heterocycles. The van der Waals surface area contributed by atoms with Crippen molar-refractivity contribution in [3.8, 4) is 11.3 Å². The van der Waals surface area contributed by atoms with E-state index in [4.69, 9.17) is 9.97 Å². The van der Waals surface area contributed by atoms with Gasteiger partial charge in [-0.05, 0) is 17.8 Å². The molecule has 0 aliphatic carbocycles. The van der Waals surface area contributed by atoms with Crippen LogP contribution in [0.5, 0.6) is 0 Å². The number of para-hydroxylation sites is 1. The first kappa shape index (κ1) is 13.5. The normalized spacial score (nSPS) is 19.2. The van der Waals surface area contributed by atoms with Crippen LogP contribution < -0.4 is 10.2 Å². The summed E-state index contributed by atoms with van der Waals surface area (Å²) in [4.78, 5) is 12.1. The van der Waals surface area contributed by atoms with Crippen LogP contribution in [0.15, 0.2) is 66.4 Å². The molecule has 0 radical (unpaired) electrons. The summed E-state index contributed by atoms with van der Waals surface area (Å²) < 4.78 is 0. The zero-order valence-electron chi connectivity index (χ0n) is 13.3. The van der Waals surface area contributed by atoms with Gasteiger partial charge in [0.15, 0.2) is 0 Å². The van der Waals surface area contributed by atoms with E-state index in [0.29, 0.717) is 5.92 Å². The topological polar surface area (TPSA) is 41.1 Å². The molecule has 1 fully saturated rings. The minimum absolute atomic E-state index is 0.597. The summed E-state index contributed by atoms with van der Waals surface area (Å²) in [5.74, 6) is 1.43. The number of hydrogen-bond donors (Lipinski definition) is 1. The van der Waals surface area contributed by atoms with Crippen LogP contribution in [0.2, 0.25) is 0 Å². The minimum Gasteiger partial charge on any atom is -0.390 e. The van der Waals surface area contributed by atoms with E-state index in [1.807, 2.05) is 12.1 Å². The maximum atomic E-state index is 4.95. The Hall–Kier alpha value is -2.88. The maximum absolute atomic E-state index is 4.95. The van der Waals surface area contributed by atoms with Gasteiger partial charge in [0.2, 0.25) is 5.95 Å². The van der Waals surface area contributed by atoms with Crippen LogP contribution in [-0.4, -0.2) is 29.6 Å². The number of aromatic nitrogens is 2. The number of nitrogens with zero attached hydrogens (tertiary/aromatic N) is 3. The third-order valence-corrected chi connectivity index (χ3v) is 4.91. The molecule has 4 nitrogen and oxygen atoms in total. The highest BCUT2D eigenvalue weighted by Gasteiger charge is 2.31. The van der Waals surface area contributed by atoms with Gasteiger partial charge in [0.1, 0.15) is 0 Å². The zero-order valence-corrected chi connectivity index (χ0v) is 13.3. The maximum Gasteiger partial charge on any atom is 0.226 e. The smallest absolute Gasteiger partial charge is 0.226 e. The molecule has 2 aliphatic heterocycles. The predicted octanol–water partition coefficient (Wildman–Crippen LogP) is 3.22. The molecule has 1 aromatic heterocycles. The van der Waals surface area contributed by atoms with Crippen LogP contribution in [0.4, 0.5) is 5.95 Å². The number of anilines is 1. The van der Waals surface area contributed by atoms with Gasteiger partial charge in [-0.25, -0.2) is 9.97 Å². The van der Waals surface area contributed by atoms with Gasteiger partial charge in [-0.1, -0.05) is 48.5 Å². The molecule has 118 valence electrons. The Morgan fingerprint density at radius 1 is 0.958 bits per heavy atom. The van der Waals surface area contributed by atoms with Gasteiger partial charge in [0.25, 0.3) is 0 Å². The lowest BCUT2D eigenvalue weighted by atomic mass is 10.1. The zero-order chi connectivity index (χ0) is 15.9. The first-order valence-electron chi connectivity index (χ1n) is 8.38. The van der Waals surface area contributed by atoms with E-state index in [0.717, 1.165) is 47.7 Å². The molecule has 1 N–H and O–H groups in total. The highest BCUT2D eigenvalue weighted by Crippen LogP contribution is 2.32. The quantitative estimate of drug-likeness (QED) is 0.788. The molecule has 0 bridgehead atoms. The van der Waals surface area contributed by atoms with E-state index in [-0.39, 0.29) is 0 Å². The fraction of sp³-hybridized carbons (Fsp3) is 0.200. The van der Waals surface area contributed by atoms with Gasteiger partial charge in [-0.15, -0.1) is 0 Å².